The number of nitrogens with zero attached hydrogens (tertiary/aromatic N) is 1. The molecule has 2 heterocycles. The first-order chi connectivity index (χ1) is 10.6. The molecule has 0 bridgehead atoms. The topological polar surface area (TPSA) is 99.8 Å². The molecule has 6 nitrogen and oxygen atoms in total. The molecular formula is C16H19N5O. The molecule has 0 fully saturated rings. The first-order valence-corrected chi connectivity index (χ1v) is 6.67. The van der Waals surface area contributed by atoms with Gasteiger partial charge in [0.05, 0.1) is 18.5 Å². The number of rotatable bonds is 6. The van der Waals surface area contributed by atoms with Gasteiger partial charge in [-0.3, -0.25) is 0 Å². The van der Waals surface area contributed by atoms with Gasteiger partial charge in [0, 0.05) is 35.9 Å². The summed E-state index contributed by atoms with van der Waals surface area (Å²) < 4.78 is 5.17. The molecule has 0 spiro atoms. The van der Waals surface area contributed by atoms with E-state index in [1.54, 1.807) is 37.7 Å². The van der Waals surface area contributed by atoms with Crippen LogP contribution in [0.2, 0.25) is 0 Å². The first kappa shape index (κ1) is 15.4. The first-order valence-electron chi connectivity index (χ1n) is 6.67. The molecule has 2 aromatic heterocycles. The molecule has 114 valence electrons. The molecule has 5 N–H and O–H groups in total. The van der Waals surface area contributed by atoms with Crippen LogP contribution in [0.5, 0.6) is 5.75 Å². The highest BCUT2D eigenvalue weighted by Crippen LogP contribution is 2.24. The van der Waals surface area contributed by atoms with Crippen LogP contribution in [0.25, 0.3) is 11.4 Å². The van der Waals surface area contributed by atoms with Crippen LogP contribution in [0.4, 0.5) is 5.82 Å². The Morgan fingerprint density at radius 1 is 1.55 bits per heavy atom. The molecule has 0 amide bonds. The van der Waals surface area contributed by atoms with Crippen molar-refractivity contribution in [2.75, 3.05) is 12.4 Å². The maximum absolute atomic E-state index is 7.09. The van der Waals surface area contributed by atoms with Crippen molar-refractivity contribution in [3.05, 3.63) is 54.0 Å². The van der Waals surface area contributed by atoms with Crippen molar-refractivity contribution < 1.29 is 4.74 Å². The molecule has 6 heteroatoms. The molecule has 0 aliphatic carbocycles. The smallest absolute Gasteiger partial charge is 0.134 e. The average Bonchev–Trinajstić information content (AvgIpc) is 2.89. The minimum Gasteiger partial charge on any atom is -0.497 e. The van der Waals surface area contributed by atoms with Crippen LogP contribution < -0.4 is 15.8 Å². The number of hydrogen-bond acceptors (Lipinski definition) is 5. The highest BCUT2D eigenvalue weighted by Gasteiger charge is 2.12. The number of anilines is 1. The molecule has 22 heavy (non-hydrogen) atoms. The van der Waals surface area contributed by atoms with Gasteiger partial charge in [-0.25, -0.2) is 4.98 Å². The molecule has 0 aliphatic rings. The van der Waals surface area contributed by atoms with Crippen LogP contribution in [0.1, 0.15) is 16.8 Å². The summed E-state index contributed by atoms with van der Waals surface area (Å²) in [5.74, 6) is 1.36. The molecule has 0 aliphatic heterocycles. The summed E-state index contributed by atoms with van der Waals surface area (Å²) in [5, 5.41) is 10.2. The predicted molar refractivity (Wildman–Crippen MR) is 89.9 cm³/mol. The van der Waals surface area contributed by atoms with E-state index in [4.69, 9.17) is 15.9 Å². The Hall–Kier alpha value is -3.02. The van der Waals surface area contributed by atoms with Crippen molar-refractivity contribution in [1.82, 2.24) is 9.97 Å². The zero-order valence-electron chi connectivity index (χ0n) is 12.6. The SMILES string of the molecule is C=C(Nc1cc(OC)ccn1)c1[nH]cc(/C(N)=C/C=N)c1C. The summed E-state index contributed by atoms with van der Waals surface area (Å²) in [5.41, 5.74) is 9.76. The van der Waals surface area contributed by atoms with Gasteiger partial charge < -0.3 is 26.2 Å². The lowest BCUT2D eigenvalue weighted by molar-refractivity contribution is 0.414. The van der Waals surface area contributed by atoms with Crippen molar-refractivity contribution in [2.24, 2.45) is 5.73 Å². The van der Waals surface area contributed by atoms with E-state index in [-0.39, 0.29) is 0 Å². The van der Waals surface area contributed by atoms with Gasteiger partial charge in [0.25, 0.3) is 0 Å². The molecule has 2 rings (SSSR count). The monoisotopic (exact) mass is 297 g/mol. The lowest BCUT2D eigenvalue weighted by Gasteiger charge is -2.10. The second-order valence-corrected chi connectivity index (χ2v) is 4.68. The normalized spacial score (nSPS) is 11.1. The molecule has 0 atom stereocenters. The summed E-state index contributed by atoms with van der Waals surface area (Å²) in [6.45, 7) is 5.97. The summed E-state index contributed by atoms with van der Waals surface area (Å²) in [7, 11) is 1.60. The number of allylic oxidation sites excluding steroid dienone is 1. The minimum absolute atomic E-state index is 0.530. The van der Waals surface area contributed by atoms with E-state index in [1.807, 2.05) is 6.92 Å². The summed E-state index contributed by atoms with van der Waals surface area (Å²) in [6, 6.07) is 3.56. The highest BCUT2D eigenvalue weighted by atomic mass is 16.5. The molecule has 0 saturated heterocycles. The van der Waals surface area contributed by atoms with Crippen molar-refractivity contribution in [2.45, 2.75) is 6.92 Å². The second-order valence-electron chi connectivity index (χ2n) is 4.68. The molecule has 2 aromatic rings. The number of nitrogens with one attached hydrogen (secondary N) is 3. The van der Waals surface area contributed by atoms with Gasteiger partial charge >= 0.3 is 0 Å². The van der Waals surface area contributed by atoms with Gasteiger partial charge in [-0.05, 0) is 24.6 Å². The number of H-pyrrole nitrogens is 1. The fourth-order valence-corrected chi connectivity index (χ4v) is 2.11. The average molecular weight is 297 g/mol. The number of aromatic nitrogens is 2. The number of hydrogen-bond donors (Lipinski definition) is 4. The Kier molecular flexibility index (Phi) is 4.63. The fraction of sp³-hybridized carbons (Fsp3) is 0.125. The van der Waals surface area contributed by atoms with Crippen LogP contribution in [0.3, 0.4) is 0 Å². The van der Waals surface area contributed by atoms with Crippen molar-refractivity contribution in [1.29, 1.82) is 5.41 Å². The minimum atomic E-state index is 0.530. The lowest BCUT2D eigenvalue weighted by Crippen LogP contribution is -2.02. The number of pyridine rings is 1. The zero-order valence-corrected chi connectivity index (χ0v) is 12.6. The number of ether oxygens (including phenoxy) is 1. The molecule has 0 unspecified atom stereocenters. The third-order valence-electron chi connectivity index (χ3n) is 3.26. The fourth-order valence-electron chi connectivity index (χ4n) is 2.11. The maximum Gasteiger partial charge on any atom is 0.134 e. The Bertz CT molecular complexity index is 730. The molecule has 0 aromatic carbocycles. The molecule has 0 saturated carbocycles. The largest absolute Gasteiger partial charge is 0.497 e. The van der Waals surface area contributed by atoms with Gasteiger partial charge in [0.15, 0.2) is 0 Å². The highest BCUT2D eigenvalue weighted by molar-refractivity contribution is 5.84. The van der Waals surface area contributed by atoms with E-state index in [1.165, 1.54) is 0 Å². The van der Waals surface area contributed by atoms with E-state index in [2.05, 4.69) is 21.9 Å². The van der Waals surface area contributed by atoms with Crippen LogP contribution >= 0.6 is 0 Å². The Morgan fingerprint density at radius 2 is 2.32 bits per heavy atom. The summed E-state index contributed by atoms with van der Waals surface area (Å²) >= 11 is 0. The van der Waals surface area contributed by atoms with Crippen LogP contribution in [0, 0.1) is 12.3 Å². The number of nitrogens with two attached hydrogens (primary N) is 1. The van der Waals surface area contributed by atoms with Crippen LogP contribution in [-0.4, -0.2) is 23.3 Å². The van der Waals surface area contributed by atoms with Crippen LogP contribution in [0.15, 0.2) is 37.2 Å². The van der Waals surface area contributed by atoms with Gasteiger partial charge in [-0.1, -0.05) is 6.58 Å². The summed E-state index contributed by atoms with van der Waals surface area (Å²) in [4.78, 5) is 7.37. The standard InChI is InChI=1S/C16H19N5O/c1-10-13(14(18)4-6-17)9-20-16(10)11(2)21-15-8-12(22-3)5-7-19-15/h4-9,17,20H,2,18H2,1,3H3,(H,19,21)/b14-4-,17-6?. The van der Waals surface area contributed by atoms with Crippen molar-refractivity contribution in [3.8, 4) is 5.75 Å². The Labute approximate surface area is 129 Å². The zero-order chi connectivity index (χ0) is 16.1. The van der Waals surface area contributed by atoms with Gasteiger partial charge in [0.2, 0.25) is 0 Å². The Morgan fingerprint density at radius 3 is 3.00 bits per heavy atom. The van der Waals surface area contributed by atoms with Crippen molar-refractivity contribution in [3.63, 3.8) is 0 Å². The van der Waals surface area contributed by atoms with E-state index in [9.17, 15) is 0 Å². The van der Waals surface area contributed by atoms with Crippen LogP contribution in [-0.2, 0) is 0 Å². The van der Waals surface area contributed by atoms with Gasteiger partial charge in [-0.15, -0.1) is 0 Å². The summed E-state index contributed by atoms with van der Waals surface area (Å²) in [6.07, 6.45) is 6.16. The third kappa shape index (κ3) is 3.17. The Balaban J connectivity index is 2.23. The number of aromatic amines is 1. The van der Waals surface area contributed by atoms with E-state index >= 15 is 0 Å². The third-order valence-corrected chi connectivity index (χ3v) is 3.26. The second kappa shape index (κ2) is 6.62. The lowest BCUT2D eigenvalue weighted by atomic mass is 10.1. The van der Waals surface area contributed by atoms with E-state index in [0.717, 1.165) is 23.0 Å². The quantitative estimate of drug-likeness (QED) is 0.616. The molecular weight excluding hydrogens is 278 g/mol. The number of methoxy groups -OCH3 is 1. The van der Waals surface area contributed by atoms with Crippen molar-refractivity contribution >= 4 is 23.4 Å². The molecule has 0 radical (unpaired) electrons. The van der Waals surface area contributed by atoms with Gasteiger partial charge in [-0.2, -0.15) is 0 Å². The predicted octanol–water partition coefficient (Wildman–Crippen LogP) is 2.76. The van der Waals surface area contributed by atoms with E-state index in [0.29, 0.717) is 23.0 Å². The maximum atomic E-state index is 7.09. The van der Waals surface area contributed by atoms with E-state index < -0.39 is 0 Å². The van der Waals surface area contributed by atoms with Gasteiger partial charge in [0.1, 0.15) is 11.6 Å².